The molecular weight excluding hydrogens is 600 g/mol. The molecule has 48 heavy (non-hydrogen) atoms. The lowest BCUT2D eigenvalue weighted by Crippen LogP contribution is -2.28. The number of carbonyl (C=O) groups excluding carboxylic acids is 2. The first kappa shape index (κ1) is 46.1. The fraction of sp³-hybridized carbons (Fsp3) is 0.810. The minimum Gasteiger partial charge on any atom is -0.462 e. The molecular formula is C42H76O6. The van der Waals surface area contributed by atoms with Crippen molar-refractivity contribution in [2.24, 2.45) is 5.92 Å². The number of aliphatic hydroxyl groups excluding tert-OH is 2. The molecule has 0 radical (unpaired) electrons. The molecule has 2 unspecified atom stereocenters. The van der Waals surface area contributed by atoms with Gasteiger partial charge in [0.2, 0.25) is 0 Å². The molecule has 0 amide bonds. The molecule has 6 heteroatoms. The van der Waals surface area contributed by atoms with Crippen molar-refractivity contribution in [1.82, 2.24) is 0 Å². The van der Waals surface area contributed by atoms with Gasteiger partial charge >= 0.3 is 11.9 Å². The SMILES string of the molecule is CC/C=C/C/C=C/C=C/C(O)CCCCCCCC(=O)O[C@@H](CO)COC(=O)CCCCCCCCCCCCCCCCC(C)CC. The second-order valence-corrected chi connectivity index (χ2v) is 13.8. The molecule has 0 aliphatic rings. The molecule has 0 aliphatic heterocycles. The summed E-state index contributed by atoms with van der Waals surface area (Å²) in [4.78, 5) is 24.3. The zero-order chi connectivity index (χ0) is 35.3. The molecule has 3 atom stereocenters. The lowest BCUT2D eigenvalue weighted by Gasteiger charge is -2.15. The number of hydrogen-bond donors (Lipinski definition) is 2. The number of allylic oxidation sites excluding steroid dienone is 5. The summed E-state index contributed by atoms with van der Waals surface area (Å²) in [5.41, 5.74) is 0. The lowest BCUT2D eigenvalue weighted by atomic mass is 9.99. The normalized spacial score (nSPS) is 13.9. The van der Waals surface area contributed by atoms with E-state index in [1.165, 1.54) is 83.5 Å². The molecule has 0 aliphatic carbocycles. The summed E-state index contributed by atoms with van der Waals surface area (Å²) >= 11 is 0. The van der Waals surface area contributed by atoms with Gasteiger partial charge in [0.15, 0.2) is 6.10 Å². The highest BCUT2D eigenvalue weighted by Gasteiger charge is 2.16. The van der Waals surface area contributed by atoms with Crippen LogP contribution in [0.4, 0.5) is 0 Å². The maximum Gasteiger partial charge on any atom is 0.306 e. The Hall–Kier alpha value is -1.92. The second kappa shape index (κ2) is 36.4. The Labute approximate surface area is 296 Å². The first-order chi connectivity index (χ1) is 23.4. The maximum atomic E-state index is 12.2. The summed E-state index contributed by atoms with van der Waals surface area (Å²) < 4.78 is 10.6. The Bertz CT molecular complexity index is 804. The predicted octanol–water partition coefficient (Wildman–Crippen LogP) is 11.3. The van der Waals surface area contributed by atoms with Crippen molar-refractivity contribution in [2.75, 3.05) is 13.2 Å². The Morgan fingerprint density at radius 2 is 1.12 bits per heavy atom. The number of ether oxygens (including phenoxy) is 2. The molecule has 0 saturated heterocycles. The molecule has 0 bridgehead atoms. The van der Waals surface area contributed by atoms with E-state index in [0.717, 1.165) is 76.5 Å². The standard InChI is InChI=1S/C42H76O6/c1-4-6-7-8-17-22-27-32-39(44)33-28-23-20-25-30-35-42(46)48-40(36-43)37-47-41(45)34-29-24-19-16-14-12-10-9-11-13-15-18-21-26-31-38(3)5-2/h6-7,17,22,27,32,38-40,43-44H,4-5,8-16,18-21,23-26,28-31,33-37H2,1-3H3/b7-6+,22-17+,32-27+/t38?,39?,40-/m0/s1. The Balaban J connectivity index is 3.62. The minimum absolute atomic E-state index is 0.0955. The Morgan fingerprint density at radius 1 is 0.625 bits per heavy atom. The Kier molecular flexibility index (Phi) is 34.9. The number of rotatable bonds is 35. The highest BCUT2D eigenvalue weighted by Crippen LogP contribution is 2.16. The number of unbranched alkanes of at least 4 members (excludes halogenated alkanes) is 17. The molecule has 0 heterocycles. The van der Waals surface area contributed by atoms with E-state index in [9.17, 15) is 19.8 Å². The minimum atomic E-state index is -0.807. The van der Waals surface area contributed by atoms with Gasteiger partial charge in [0.1, 0.15) is 6.61 Å². The van der Waals surface area contributed by atoms with E-state index in [0.29, 0.717) is 6.42 Å². The van der Waals surface area contributed by atoms with Crippen molar-refractivity contribution >= 4 is 11.9 Å². The molecule has 0 aromatic heterocycles. The summed E-state index contributed by atoms with van der Waals surface area (Å²) in [6, 6.07) is 0. The molecule has 0 fully saturated rings. The highest BCUT2D eigenvalue weighted by atomic mass is 16.6. The van der Waals surface area contributed by atoms with Crippen LogP contribution < -0.4 is 0 Å². The first-order valence-electron chi connectivity index (χ1n) is 20.0. The van der Waals surface area contributed by atoms with Crippen LogP contribution in [0.15, 0.2) is 36.5 Å². The number of aliphatic hydroxyl groups is 2. The summed E-state index contributed by atoms with van der Waals surface area (Å²) in [6.07, 6.45) is 39.3. The summed E-state index contributed by atoms with van der Waals surface area (Å²) in [5, 5.41) is 19.6. The van der Waals surface area contributed by atoms with E-state index in [1.54, 1.807) is 0 Å². The van der Waals surface area contributed by atoms with Gasteiger partial charge in [0, 0.05) is 12.8 Å². The van der Waals surface area contributed by atoms with Crippen molar-refractivity contribution in [3.63, 3.8) is 0 Å². The zero-order valence-electron chi connectivity index (χ0n) is 31.5. The zero-order valence-corrected chi connectivity index (χ0v) is 31.5. The number of carbonyl (C=O) groups is 2. The fourth-order valence-electron chi connectivity index (χ4n) is 5.65. The van der Waals surface area contributed by atoms with E-state index in [4.69, 9.17) is 9.47 Å². The van der Waals surface area contributed by atoms with Crippen LogP contribution in [0.3, 0.4) is 0 Å². The van der Waals surface area contributed by atoms with Crippen molar-refractivity contribution in [3.05, 3.63) is 36.5 Å². The van der Waals surface area contributed by atoms with Crippen molar-refractivity contribution in [1.29, 1.82) is 0 Å². The third-order valence-electron chi connectivity index (χ3n) is 9.09. The molecule has 2 N–H and O–H groups in total. The van der Waals surface area contributed by atoms with Gasteiger partial charge in [-0.3, -0.25) is 9.59 Å². The van der Waals surface area contributed by atoms with Gasteiger partial charge in [0.25, 0.3) is 0 Å². The van der Waals surface area contributed by atoms with Crippen molar-refractivity contribution < 1.29 is 29.3 Å². The van der Waals surface area contributed by atoms with Crippen molar-refractivity contribution in [2.45, 2.75) is 200 Å². The van der Waals surface area contributed by atoms with Crippen LogP contribution in [0.25, 0.3) is 0 Å². The van der Waals surface area contributed by atoms with Crippen LogP contribution in [-0.2, 0) is 19.1 Å². The lowest BCUT2D eigenvalue weighted by molar-refractivity contribution is -0.161. The van der Waals surface area contributed by atoms with Gasteiger partial charge in [-0.25, -0.2) is 0 Å². The molecule has 0 aromatic carbocycles. The van der Waals surface area contributed by atoms with Crippen LogP contribution in [0.5, 0.6) is 0 Å². The third kappa shape index (κ3) is 34.0. The van der Waals surface area contributed by atoms with E-state index >= 15 is 0 Å². The fourth-order valence-corrected chi connectivity index (χ4v) is 5.65. The van der Waals surface area contributed by atoms with E-state index < -0.39 is 12.2 Å². The van der Waals surface area contributed by atoms with Crippen LogP contribution in [0.1, 0.15) is 188 Å². The van der Waals surface area contributed by atoms with Crippen molar-refractivity contribution in [3.8, 4) is 0 Å². The highest BCUT2D eigenvalue weighted by molar-refractivity contribution is 5.70. The number of esters is 2. The average Bonchev–Trinajstić information content (AvgIpc) is 3.08. The Morgan fingerprint density at radius 3 is 1.65 bits per heavy atom. The number of hydrogen-bond acceptors (Lipinski definition) is 6. The molecule has 0 rings (SSSR count). The van der Waals surface area contributed by atoms with Crippen LogP contribution in [-0.4, -0.2) is 47.6 Å². The van der Waals surface area contributed by atoms with Gasteiger partial charge in [-0.2, -0.15) is 0 Å². The van der Waals surface area contributed by atoms with Gasteiger partial charge in [0.05, 0.1) is 12.7 Å². The predicted molar refractivity (Wildman–Crippen MR) is 202 cm³/mol. The first-order valence-corrected chi connectivity index (χ1v) is 20.0. The van der Waals surface area contributed by atoms with Gasteiger partial charge < -0.3 is 19.7 Å². The molecule has 0 aromatic rings. The third-order valence-corrected chi connectivity index (χ3v) is 9.09. The topological polar surface area (TPSA) is 93.1 Å². The smallest absolute Gasteiger partial charge is 0.306 e. The van der Waals surface area contributed by atoms with Crippen LogP contribution >= 0.6 is 0 Å². The molecule has 280 valence electrons. The van der Waals surface area contributed by atoms with Gasteiger partial charge in [-0.15, -0.1) is 0 Å². The van der Waals surface area contributed by atoms with E-state index in [1.807, 2.05) is 18.2 Å². The van der Waals surface area contributed by atoms with E-state index in [-0.39, 0.29) is 31.6 Å². The summed E-state index contributed by atoms with van der Waals surface area (Å²) in [5.74, 6) is 0.232. The van der Waals surface area contributed by atoms with Gasteiger partial charge in [-0.1, -0.05) is 179 Å². The molecule has 0 saturated carbocycles. The summed E-state index contributed by atoms with van der Waals surface area (Å²) in [7, 11) is 0. The molecule has 0 spiro atoms. The average molecular weight is 677 g/mol. The largest absolute Gasteiger partial charge is 0.462 e. The quantitative estimate of drug-likeness (QED) is 0.0300. The van der Waals surface area contributed by atoms with Crippen LogP contribution in [0.2, 0.25) is 0 Å². The maximum absolute atomic E-state index is 12.2. The molecule has 6 nitrogen and oxygen atoms in total. The second-order valence-electron chi connectivity index (χ2n) is 13.8. The van der Waals surface area contributed by atoms with Gasteiger partial charge in [-0.05, 0) is 38.0 Å². The monoisotopic (exact) mass is 677 g/mol. The summed E-state index contributed by atoms with van der Waals surface area (Å²) in [6.45, 7) is 6.31. The van der Waals surface area contributed by atoms with Crippen LogP contribution in [0, 0.1) is 5.92 Å². The van der Waals surface area contributed by atoms with E-state index in [2.05, 4.69) is 39.0 Å².